The van der Waals surface area contributed by atoms with Crippen LogP contribution in [0.5, 0.6) is 17.2 Å². The molecule has 6 nitrogen and oxygen atoms in total. The molecule has 0 bridgehead atoms. The van der Waals surface area contributed by atoms with E-state index in [1.165, 1.54) is 37.8 Å². The van der Waals surface area contributed by atoms with Gasteiger partial charge in [-0.3, -0.25) is 4.31 Å². The summed E-state index contributed by atoms with van der Waals surface area (Å²) in [4.78, 5) is 0.154. The Morgan fingerprint density at radius 1 is 0.800 bits per heavy atom. The minimum atomic E-state index is -3.91. The van der Waals surface area contributed by atoms with Crippen LogP contribution in [0.15, 0.2) is 71.6 Å². The summed E-state index contributed by atoms with van der Waals surface area (Å²) >= 11 is 0. The summed E-state index contributed by atoms with van der Waals surface area (Å²) in [5.74, 6) is 1.55. The molecule has 0 fully saturated rings. The third-order valence-corrected chi connectivity index (χ3v) is 6.65. The highest BCUT2D eigenvalue weighted by Crippen LogP contribution is 2.37. The van der Waals surface area contributed by atoms with Crippen LogP contribution in [0.1, 0.15) is 11.1 Å². The summed E-state index contributed by atoms with van der Waals surface area (Å²) in [6, 6.07) is 19.1. The van der Waals surface area contributed by atoms with E-state index in [9.17, 15) is 8.42 Å². The second-order valence-corrected chi connectivity index (χ2v) is 8.51. The van der Waals surface area contributed by atoms with E-state index < -0.39 is 10.0 Å². The molecule has 30 heavy (non-hydrogen) atoms. The summed E-state index contributed by atoms with van der Waals surface area (Å²) in [7, 11) is 0.676. The van der Waals surface area contributed by atoms with E-state index in [0.717, 1.165) is 11.1 Å². The zero-order chi connectivity index (χ0) is 21.7. The average Bonchev–Trinajstić information content (AvgIpc) is 2.78. The molecular weight excluding hydrogens is 402 g/mol. The summed E-state index contributed by atoms with van der Waals surface area (Å²) in [5.41, 5.74) is 2.28. The predicted octanol–water partition coefficient (Wildman–Crippen LogP) is 4.42. The molecule has 0 aliphatic rings. The zero-order valence-corrected chi connectivity index (χ0v) is 18.3. The Labute approximate surface area is 177 Å². The number of ether oxygens (including phenoxy) is 3. The minimum absolute atomic E-state index is 0.143. The Morgan fingerprint density at radius 3 is 2.03 bits per heavy atom. The molecule has 3 aromatic carbocycles. The van der Waals surface area contributed by atoms with Crippen LogP contribution in [0.3, 0.4) is 0 Å². The van der Waals surface area contributed by atoms with Crippen molar-refractivity contribution in [2.45, 2.75) is 18.4 Å². The van der Waals surface area contributed by atoms with Gasteiger partial charge >= 0.3 is 0 Å². The maximum Gasteiger partial charge on any atom is 0.264 e. The molecule has 0 radical (unpaired) electrons. The van der Waals surface area contributed by atoms with Crippen LogP contribution < -0.4 is 18.5 Å². The number of hydrogen-bond donors (Lipinski definition) is 0. The van der Waals surface area contributed by atoms with E-state index in [1.54, 1.807) is 30.3 Å². The van der Waals surface area contributed by atoms with E-state index in [-0.39, 0.29) is 11.4 Å². The summed E-state index contributed by atoms with van der Waals surface area (Å²) in [6.07, 6.45) is 0. The number of sulfonamides is 1. The molecular formula is C23H25NO5S. The Morgan fingerprint density at radius 2 is 1.43 bits per heavy atom. The first-order valence-corrected chi connectivity index (χ1v) is 10.8. The lowest BCUT2D eigenvalue weighted by atomic mass is 10.1. The monoisotopic (exact) mass is 427 g/mol. The van der Waals surface area contributed by atoms with Gasteiger partial charge < -0.3 is 14.2 Å². The van der Waals surface area contributed by atoms with Gasteiger partial charge in [0.05, 0.1) is 38.5 Å². The van der Waals surface area contributed by atoms with Gasteiger partial charge in [0.15, 0.2) is 0 Å². The molecule has 3 rings (SSSR count). The topological polar surface area (TPSA) is 65.1 Å². The normalized spacial score (nSPS) is 11.1. The van der Waals surface area contributed by atoms with Crippen molar-refractivity contribution in [3.05, 3.63) is 77.9 Å². The second-order valence-electron chi connectivity index (χ2n) is 6.65. The van der Waals surface area contributed by atoms with Crippen LogP contribution in [0.4, 0.5) is 5.69 Å². The molecule has 0 atom stereocenters. The van der Waals surface area contributed by atoms with Gasteiger partial charge in [0.25, 0.3) is 10.0 Å². The Balaban J connectivity index is 2.18. The fourth-order valence-electron chi connectivity index (χ4n) is 3.11. The Kier molecular flexibility index (Phi) is 6.52. The molecule has 0 unspecified atom stereocenters. The van der Waals surface area contributed by atoms with Crippen LogP contribution in [-0.2, 0) is 16.6 Å². The lowest BCUT2D eigenvalue weighted by Crippen LogP contribution is -2.31. The highest BCUT2D eigenvalue weighted by molar-refractivity contribution is 7.92. The summed E-state index contributed by atoms with van der Waals surface area (Å²) in [6.45, 7) is 2.10. The molecule has 0 aliphatic heterocycles. The average molecular weight is 428 g/mol. The molecule has 0 amide bonds. The molecule has 0 aromatic heterocycles. The third kappa shape index (κ3) is 4.36. The predicted molar refractivity (Wildman–Crippen MR) is 117 cm³/mol. The first-order valence-electron chi connectivity index (χ1n) is 9.34. The van der Waals surface area contributed by atoms with Gasteiger partial charge in [0.1, 0.15) is 17.2 Å². The number of hydrogen-bond acceptors (Lipinski definition) is 5. The summed E-state index contributed by atoms with van der Waals surface area (Å²) < 4.78 is 44.7. The highest BCUT2D eigenvalue weighted by Gasteiger charge is 2.28. The maximum atomic E-state index is 13.7. The van der Waals surface area contributed by atoms with E-state index >= 15 is 0 Å². The van der Waals surface area contributed by atoms with Crippen LogP contribution in [0, 0.1) is 6.92 Å². The van der Waals surface area contributed by atoms with Gasteiger partial charge in [-0.15, -0.1) is 0 Å². The van der Waals surface area contributed by atoms with Crippen molar-refractivity contribution in [2.75, 3.05) is 25.6 Å². The molecule has 3 aromatic rings. The van der Waals surface area contributed by atoms with Crippen molar-refractivity contribution in [3.63, 3.8) is 0 Å². The van der Waals surface area contributed by atoms with Crippen molar-refractivity contribution in [3.8, 4) is 17.2 Å². The standard InChI is InChI=1S/C23H25NO5S/c1-17-7-5-6-8-18(17)16-24(22-15-20(28-3)11-14-23(22)29-4)30(25,26)21-12-9-19(27-2)10-13-21/h5-15H,16H2,1-4H3. The van der Waals surface area contributed by atoms with Gasteiger partial charge in [-0.25, -0.2) is 8.42 Å². The fraction of sp³-hybridized carbons (Fsp3) is 0.217. The molecule has 0 heterocycles. The van der Waals surface area contributed by atoms with Crippen LogP contribution in [-0.4, -0.2) is 29.7 Å². The lowest BCUT2D eigenvalue weighted by Gasteiger charge is -2.27. The number of aryl methyl sites for hydroxylation is 1. The summed E-state index contributed by atoms with van der Waals surface area (Å²) in [5, 5.41) is 0. The number of rotatable bonds is 8. The smallest absolute Gasteiger partial charge is 0.264 e. The molecule has 158 valence electrons. The maximum absolute atomic E-state index is 13.7. The van der Waals surface area contributed by atoms with Gasteiger partial charge in [0, 0.05) is 6.07 Å². The van der Waals surface area contributed by atoms with Crippen LogP contribution >= 0.6 is 0 Å². The van der Waals surface area contributed by atoms with Gasteiger partial charge in [-0.2, -0.15) is 0 Å². The number of benzene rings is 3. The van der Waals surface area contributed by atoms with Crippen molar-refractivity contribution < 1.29 is 22.6 Å². The van der Waals surface area contributed by atoms with Crippen LogP contribution in [0.2, 0.25) is 0 Å². The highest BCUT2D eigenvalue weighted by atomic mass is 32.2. The third-order valence-electron chi connectivity index (χ3n) is 4.88. The Bertz CT molecular complexity index is 1110. The Hall–Kier alpha value is -3.19. The van der Waals surface area contributed by atoms with Crippen molar-refractivity contribution >= 4 is 15.7 Å². The fourth-order valence-corrected chi connectivity index (χ4v) is 4.55. The zero-order valence-electron chi connectivity index (χ0n) is 17.5. The number of anilines is 1. The van der Waals surface area contributed by atoms with Gasteiger partial charge in [0.2, 0.25) is 0 Å². The first kappa shape index (κ1) is 21.5. The molecule has 0 aliphatic carbocycles. The van der Waals surface area contributed by atoms with Crippen molar-refractivity contribution in [1.82, 2.24) is 0 Å². The minimum Gasteiger partial charge on any atom is -0.497 e. The molecule has 0 spiro atoms. The van der Waals surface area contributed by atoms with E-state index in [0.29, 0.717) is 22.9 Å². The van der Waals surface area contributed by atoms with E-state index in [1.807, 2.05) is 31.2 Å². The van der Waals surface area contributed by atoms with Crippen molar-refractivity contribution in [2.24, 2.45) is 0 Å². The SMILES string of the molecule is COc1ccc(S(=O)(=O)N(Cc2ccccc2C)c2cc(OC)ccc2OC)cc1. The van der Waals surface area contributed by atoms with Gasteiger partial charge in [-0.05, 0) is 54.4 Å². The largest absolute Gasteiger partial charge is 0.497 e. The van der Waals surface area contributed by atoms with Crippen molar-refractivity contribution in [1.29, 1.82) is 0 Å². The molecule has 7 heteroatoms. The number of nitrogens with zero attached hydrogens (tertiary/aromatic N) is 1. The second kappa shape index (κ2) is 9.09. The van der Waals surface area contributed by atoms with E-state index in [2.05, 4.69) is 0 Å². The van der Waals surface area contributed by atoms with Crippen LogP contribution in [0.25, 0.3) is 0 Å². The molecule has 0 saturated carbocycles. The quantitative estimate of drug-likeness (QED) is 0.533. The van der Waals surface area contributed by atoms with E-state index in [4.69, 9.17) is 14.2 Å². The lowest BCUT2D eigenvalue weighted by molar-refractivity contribution is 0.403. The van der Waals surface area contributed by atoms with Gasteiger partial charge in [-0.1, -0.05) is 24.3 Å². The first-order chi connectivity index (χ1) is 14.4. The molecule has 0 saturated heterocycles. The molecule has 0 N–H and O–H groups in total. The number of methoxy groups -OCH3 is 3.